The number of rotatable bonds is 0. The van der Waals surface area contributed by atoms with Gasteiger partial charge in [-0.2, -0.15) is 0 Å². The van der Waals surface area contributed by atoms with Crippen LogP contribution in [0.2, 0.25) is 0 Å². The fourth-order valence-electron chi connectivity index (χ4n) is 0.874. The van der Waals surface area contributed by atoms with Crippen LogP contribution in [0.3, 0.4) is 0 Å². The fourth-order valence-corrected chi connectivity index (χ4v) is 0.874. The Morgan fingerprint density at radius 3 is 2.11 bits per heavy atom. The molecule has 0 saturated carbocycles. The lowest BCUT2D eigenvalue weighted by Crippen LogP contribution is -1.70. The summed E-state index contributed by atoms with van der Waals surface area (Å²) < 4.78 is 0. The molecule has 0 atom stereocenters. The number of hydrogen-bond acceptors (Lipinski definition) is 0. The lowest BCUT2D eigenvalue weighted by Gasteiger charge is -1.90. The van der Waals surface area contributed by atoms with E-state index in [9.17, 15) is 0 Å². The Kier molecular flexibility index (Phi) is 1.56. The molecule has 0 heteroatoms. The second-order valence-electron chi connectivity index (χ2n) is 2.68. The lowest BCUT2D eigenvalue weighted by molar-refractivity contribution is 1.35. The third kappa shape index (κ3) is 1.32. The van der Waals surface area contributed by atoms with Crippen LogP contribution < -0.4 is 0 Å². The Morgan fingerprint density at radius 2 is 1.89 bits per heavy atom. The SMILES string of the molecule is CC1=CC(=C(C)C)C=C1. The minimum Gasteiger partial charge on any atom is -0.0692 e. The van der Waals surface area contributed by atoms with Gasteiger partial charge >= 0.3 is 0 Å². The Labute approximate surface area is 56.6 Å². The maximum atomic E-state index is 2.20. The summed E-state index contributed by atoms with van der Waals surface area (Å²) in [7, 11) is 0. The van der Waals surface area contributed by atoms with Crippen LogP contribution in [0, 0.1) is 0 Å². The topological polar surface area (TPSA) is 0 Å². The minimum atomic E-state index is 1.35. The second kappa shape index (κ2) is 2.22. The quantitative estimate of drug-likeness (QED) is 0.461. The van der Waals surface area contributed by atoms with E-state index in [0.717, 1.165) is 0 Å². The average Bonchev–Trinajstić information content (AvgIpc) is 2.14. The van der Waals surface area contributed by atoms with Gasteiger partial charge in [0.15, 0.2) is 0 Å². The smallest absolute Gasteiger partial charge is 0.0267 e. The van der Waals surface area contributed by atoms with Gasteiger partial charge in [0.05, 0.1) is 0 Å². The molecule has 0 bridgehead atoms. The molecule has 1 aliphatic rings. The highest BCUT2D eigenvalue weighted by molar-refractivity contribution is 5.46. The van der Waals surface area contributed by atoms with Gasteiger partial charge in [0, 0.05) is 0 Å². The van der Waals surface area contributed by atoms with Crippen LogP contribution in [0.1, 0.15) is 20.8 Å². The standard InChI is InChI=1S/C9H12/c1-7(2)9-5-4-8(3)6-9/h4-6H,1-3H3. The number of allylic oxidation sites excluding steroid dienone is 6. The van der Waals surface area contributed by atoms with Crippen molar-refractivity contribution in [3.8, 4) is 0 Å². The van der Waals surface area contributed by atoms with E-state index in [0.29, 0.717) is 0 Å². The Balaban J connectivity index is 2.95. The van der Waals surface area contributed by atoms with Crippen molar-refractivity contribution in [3.05, 3.63) is 34.9 Å². The van der Waals surface area contributed by atoms with Gasteiger partial charge in [-0.05, 0) is 26.3 Å². The van der Waals surface area contributed by atoms with E-state index in [1.54, 1.807) is 0 Å². The molecule has 0 fully saturated rings. The molecule has 0 aromatic carbocycles. The molecule has 0 heterocycles. The van der Waals surface area contributed by atoms with Crippen LogP contribution >= 0.6 is 0 Å². The highest BCUT2D eigenvalue weighted by atomic mass is 14.0. The molecule has 0 unspecified atom stereocenters. The maximum Gasteiger partial charge on any atom is -0.0267 e. The second-order valence-corrected chi connectivity index (χ2v) is 2.68. The molecule has 0 aromatic heterocycles. The van der Waals surface area contributed by atoms with E-state index in [2.05, 4.69) is 39.0 Å². The van der Waals surface area contributed by atoms with Gasteiger partial charge in [0.25, 0.3) is 0 Å². The monoisotopic (exact) mass is 120 g/mol. The molecular weight excluding hydrogens is 108 g/mol. The zero-order valence-electron chi connectivity index (χ0n) is 6.23. The molecule has 0 spiro atoms. The molecule has 0 aliphatic heterocycles. The highest BCUT2D eigenvalue weighted by Crippen LogP contribution is 2.17. The first-order chi connectivity index (χ1) is 4.20. The van der Waals surface area contributed by atoms with E-state index in [1.165, 1.54) is 16.7 Å². The van der Waals surface area contributed by atoms with Crippen molar-refractivity contribution >= 4 is 0 Å². The largest absolute Gasteiger partial charge is 0.0692 e. The summed E-state index contributed by atoms with van der Waals surface area (Å²) in [5.74, 6) is 0. The normalized spacial score (nSPS) is 16.3. The van der Waals surface area contributed by atoms with Crippen molar-refractivity contribution in [2.75, 3.05) is 0 Å². The molecule has 48 valence electrons. The summed E-state index contributed by atoms with van der Waals surface area (Å²) in [5, 5.41) is 0. The Bertz CT molecular complexity index is 198. The zero-order valence-corrected chi connectivity index (χ0v) is 6.23. The van der Waals surface area contributed by atoms with E-state index >= 15 is 0 Å². The molecule has 1 aliphatic carbocycles. The predicted molar refractivity (Wildman–Crippen MR) is 41.3 cm³/mol. The van der Waals surface area contributed by atoms with Crippen LogP contribution in [0.15, 0.2) is 34.9 Å². The molecule has 0 N–H and O–H groups in total. The van der Waals surface area contributed by atoms with E-state index < -0.39 is 0 Å². The maximum absolute atomic E-state index is 2.20. The number of hydrogen-bond donors (Lipinski definition) is 0. The highest BCUT2D eigenvalue weighted by Gasteiger charge is 1.96. The van der Waals surface area contributed by atoms with Crippen LogP contribution in [0.5, 0.6) is 0 Å². The van der Waals surface area contributed by atoms with Crippen molar-refractivity contribution in [1.82, 2.24) is 0 Å². The van der Waals surface area contributed by atoms with E-state index in [4.69, 9.17) is 0 Å². The van der Waals surface area contributed by atoms with Crippen LogP contribution in [-0.4, -0.2) is 0 Å². The molecule has 1 rings (SSSR count). The van der Waals surface area contributed by atoms with Gasteiger partial charge in [0.1, 0.15) is 0 Å². The van der Waals surface area contributed by atoms with Crippen LogP contribution in [-0.2, 0) is 0 Å². The average molecular weight is 120 g/mol. The van der Waals surface area contributed by atoms with Gasteiger partial charge in [-0.1, -0.05) is 29.4 Å². The molecule has 0 saturated heterocycles. The minimum absolute atomic E-state index is 1.35. The van der Waals surface area contributed by atoms with E-state index in [-0.39, 0.29) is 0 Å². The molecule has 0 radical (unpaired) electrons. The van der Waals surface area contributed by atoms with Crippen LogP contribution in [0.25, 0.3) is 0 Å². The third-order valence-corrected chi connectivity index (χ3v) is 1.49. The zero-order chi connectivity index (χ0) is 6.85. The predicted octanol–water partition coefficient (Wildman–Crippen LogP) is 2.84. The van der Waals surface area contributed by atoms with Gasteiger partial charge in [0.2, 0.25) is 0 Å². The molecule has 0 nitrogen and oxygen atoms in total. The summed E-state index contributed by atoms with van der Waals surface area (Å²) >= 11 is 0. The summed E-state index contributed by atoms with van der Waals surface area (Å²) in [6.07, 6.45) is 6.50. The fraction of sp³-hybridized carbons (Fsp3) is 0.333. The lowest BCUT2D eigenvalue weighted by atomic mass is 10.2. The molecular formula is C9H12. The van der Waals surface area contributed by atoms with Gasteiger partial charge in [-0.15, -0.1) is 0 Å². The third-order valence-electron chi connectivity index (χ3n) is 1.49. The summed E-state index contributed by atoms with van der Waals surface area (Å²) in [6, 6.07) is 0. The summed E-state index contributed by atoms with van der Waals surface area (Å²) in [5.41, 5.74) is 4.11. The van der Waals surface area contributed by atoms with Gasteiger partial charge in [-0.25, -0.2) is 0 Å². The molecule has 0 amide bonds. The van der Waals surface area contributed by atoms with Crippen molar-refractivity contribution < 1.29 is 0 Å². The first kappa shape index (κ1) is 6.34. The van der Waals surface area contributed by atoms with Crippen molar-refractivity contribution in [1.29, 1.82) is 0 Å². The molecule has 9 heavy (non-hydrogen) atoms. The van der Waals surface area contributed by atoms with Gasteiger partial charge < -0.3 is 0 Å². The van der Waals surface area contributed by atoms with Crippen molar-refractivity contribution in [2.45, 2.75) is 20.8 Å². The van der Waals surface area contributed by atoms with Gasteiger partial charge in [-0.3, -0.25) is 0 Å². The van der Waals surface area contributed by atoms with E-state index in [1.807, 2.05) is 0 Å². The summed E-state index contributed by atoms with van der Waals surface area (Å²) in [6.45, 7) is 6.38. The Morgan fingerprint density at radius 1 is 1.22 bits per heavy atom. The van der Waals surface area contributed by atoms with Crippen molar-refractivity contribution in [2.24, 2.45) is 0 Å². The first-order valence-electron chi connectivity index (χ1n) is 3.24. The van der Waals surface area contributed by atoms with Crippen molar-refractivity contribution in [3.63, 3.8) is 0 Å². The summed E-state index contributed by atoms with van der Waals surface area (Å²) in [4.78, 5) is 0. The first-order valence-corrected chi connectivity index (χ1v) is 3.24. The molecule has 0 aromatic rings. The Hall–Kier alpha value is -0.780. The van der Waals surface area contributed by atoms with Crippen LogP contribution in [0.4, 0.5) is 0 Å².